The Morgan fingerprint density at radius 3 is 2.72 bits per heavy atom. The maximum atomic E-state index is 13.2. The number of ether oxygens (including phenoxy) is 1. The number of aryl methyl sites for hydroxylation is 1. The molecule has 0 spiro atoms. The summed E-state index contributed by atoms with van der Waals surface area (Å²) >= 11 is 0. The van der Waals surface area contributed by atoms with Crippen molar-refractivity contribution in [2.45, 2.75) is 32.3 Å². The van der Waals surface area contributed by atoms with Crippen LogP contribution in [0.15, 0.2) is 24.3 Å². The normalized spacial score (nSPS) is 29.7. The van der Waals surface area contributed by atoms with Crippen molar-refractivity contribution in [3.63, 3.8) is 0 Å². The van der Waals surface area contributed by atoms with E-state index in [1.807, 2.05) is 6.07 Å². The monoisotopic (exact) mass is 401 g/mol. The van der Waals surface area contributed by atoms with Gasteiger partial charge in [-0.2, -0.15) is 0 Å². The molecule has 0 bridgehead atoms. The Balaban J connectivity index is 1.67. The molecule has 3 aliphatic rings. The summed E-state index contributed by atoms with van der Waals surface area (Å²) in [5.74, 6) is -0.650. The van der Waals surface area contributed by atoms with Gasteiger partial charge in [0, 0.05) is 25.8 Å². The highest BCUT2D eigenvalue weighted by atomic mass is 16.5. The number of fused-ring (bicyclic) bond motifs is 3. The molecule has 1 aromatic carbocycles. The Hall–Kier alpha value is -2.65. The third-order valence-electron chi connectivity index (χ3n) is 5.93. The second-order valence-electron chi connectivity index (χ2n) is 8.12. The number of imide groups is 1. The summed E-state index contributed by atoms with van der Waals surface area (Å²) in [5.41, 5.74) is 2.24. The first-order valence-electron chi connectivity index (χ1n) is 9.82. The van der Waals surface area contributed by atoms with Crippen molar-refractivity contribution in [2.24, 2.45) is 5.92 Å². The standard InChI is InChI=1S/C20H27N5O4/c1-12-6-5-7-14(8-12)23-9-13(2)10-24-16-17(21-19(23)24)22(3)20(28)25(18(16)27)11-15(26)29-4/h5-8,13,16-17,19,21H,9-11H2,1-4H3. The van der Waals surface area contributed by atoms with Crippen molar-refractivity contribution in [2.75, 3.05) is 38.7 Å². The predicted molar refractivity (Wildman–Crippen MR) is 106 cm³/mol. The van der Waals surface area contributed by atoms with Gasteiger partial charge in [0.15, 0.2) is 0 Å². The summed E-state index contributed by atoms with van der Waals surface area (Å²) in [6.07, 6.45) is -0.660. The Bertz CT molecular complexity index is 846. The zero-order chi connectivity index (χ0) is 20.9. The van der Waals surface area contributed by atoms with Crippen molar-refractivity contribution in [1.29, 1.82) is 0 Å². The number of nitrogens with zero attached hydrogens (tertiary/aromatic N) is 4. The lowest BCUT2D eigenvalue weighted by atomic mass is 10.0. The van der Waals surface area contributed by atoms with Crippen LogP contribution in [-0.4, -0.2) is 84.9 Å². The fourth-order valence-electron chi connectivity index (χ4n) is 4.57. The molecule has 9 heteroatoms. The van der Waals surface area contributed by atoms with Gasteiger partial charge in [-0.25, -0.2) is 4.79 Å². The zero-order valence-corrected chi connectivity index (χ0v) is 17.2. The number of anilines is 1. The molecule has 0 aromatic heterocycles. The summed E-state index contributed by atoms with van der Waals surface area (Å²) in [6.45, 7) is 5.39. The van der Waals surface area contributed by atoms with Crippen molar-refractivity contribution in [3.05, 3.63) is 29.8 Å². The fourth-order valence-corrected chi connectivity index (χ4v) is 4.57. The van der Waals surface area contributed by atoms with Crippen molar-refractivity contribution in [1.82, 2.24) is 20.0 Å². The molecule has 4 unspecified atom stereocenters. The van der Waals surface area contributed by atoms with E-state index in [2.05, 4.69) is 51.9 Å². The number of benzene rings is 1. The first-order valence-corrected chi connectivity index (χ1v) is 9.82. The molecule has 3 aliphatic heterocycles. The topological polar surface area (TPSA) is 85.4 Å². The van der Waals surface area contributed by atoms with Gasteiger partial charge in [-0.3, -0.25) is 24.7 Å². The lowest BCUT2D eigenvalue weighted by Crippen LogP contribution is -2.67. The second kappa shape index (κ2) is 7.31. The first-order chi connectivity index (χ1) is 13.8. The van der Waals surface area contributed by atoms with Gasteiger partial charge in [-0.15, -0.1) is 0 Å². The van der Waals surface area contributed by atoms with Gasteiger partial charge in [-0.1, -0.05) is 19.1 Å². The summed E-state index contributed by atoms with van der Waals surface area (Å²) in [5, 5.41) is 3.48. The molecule has 156 valence electrons. The van der Waals surface area contributed by atoms with E-state index in [1.165, 1.54) is 12.0 Å². The molecule has 3 fully saturated rings. The van der Waals surface area contributed by atoms with Gasteiger partial charge >= 0.3 is 12.0 Å². The Morgan fingerprint density at radius 1 is 1.28 bits per heavy atom. The molecule has 0 aliphatic carbocycles. The number of hydrogen-bond donors (Lipinski definition) is 1. The molecule has 9 nitrogen and oxygen atoms in total. The van der Waals surface area contributed by atoms with Crippen molar-refractivity contribution < 1.29 is 19.1 Å². The van der Waals surface area contributed by atoms with E-state index in [0.29, 0.717) is 5.92 Å². The van der Waals surface area contributed by atoms with Crippen LogP contribution >= 0.6 is 0 Å². The van der Waals surface area contributed by atoms with E-state index in [0.717, 1.165) is 29.2 Å². The molecule has 4 rings (SSSR count). The molecule has 0 radical (unpaired) electrons. The van der Waals surface area contributed by atoms with Crippen LogP contribution < -0.4 is 10.2 Å². The molecule has 4 atom stereocenters. The molecular weight excluding hydrogens is 374 g/mol. The van der Waals surface area contributed by atoms with Crippen LogP contribution in [0.4, 0.5) is 10.5 Å². The number of carbonyl (C=O) groups is 3. The number of urea groups is 1. The maximum Gasteiger partial charge on any atom is 0.328 e. The van der Waals surface area contributed by atoms with Crippen LogP contribution in [-0.2, 0) is 14.3 Å². The highest BCUT2D eigenvalue weighted by Crippen LogP contribution is 2.34. The molecule has 1 N–H and O–H groups in total. The summed E-state index contributed by atoms with van der Waals surface area (Å²) in [7, 11) is 2.90. The zero-order valence-electron chi connectivity index (χ0n) is 17.2. The SMILES string of the molecule is COC(=O)CN1C(=O)C2C(NC3N(c4cccc(C)c4)CC(C)CN23)N(C)C1=O. The van der Waals surface area contributed by atoms with E-state index < -0.39 is 24.2 Å². The number of nitrogens with one attached hydrogen (secondary N) is 1. The molecule has 29 heavy (non-hydrogen) atoms. The molecule has 3 heterocycles. The highest BCUT2D eigenvalue weighted by molar-refractivity contribution is 6.02. The minimum absolute atomic E-state index is 0.208. The lowest BCUT2D eigenvalue weighted by molar-refractivity contribution is -0.149. The van der Waals surface area contributed by atoms with Crippen LogP contribution in [0.3, 0.4) is 0 Å². The fraction of sp³-hybridized carbons (Fsp3) is 0.550. The van der Waals surface area contributed by atoms with Gasteiger partial charge in [-0.05, 0) is 30.5 Å². The third kappa shape index (κ3) is 3.24. The molecular formula is C20H27N5O4. The van der Waals surface area contributed by atoms with Gasteiger partial charge in [0.25, 0.3) is 5.91 Å². The smallest absolute Gasteiger partial charge is 0.328 e. The number of methoxy groups -OCH3 is 1. The average Bonchev–Trinajstić information content (AvgIpc) is 3.08. The number of carbonyl (C=O) groups excluding carboxylic acids is 3. The Kier molecular flexibility index (Phi) is 4.95. The molecule has 3 amide bonds. The van der Waals surface area contributed by atoms with E-state index in [1.54, 1.807) is 7.05 Å². The molecule has 0 saturated carbocycles. The molecule has 3 saturated heterocycles. The number of esters is 1. The Morgan fingerprint density at radius 2 is 2.03 bits per heavy atom. The summed E-state index contributed by atoms with van der Waals surface area (Å²) < 4.78 is 4.66. The minimum atomic E-state index is -0.616. The van der Waals surface area contributed by atoms with Crippen molar-refractivity contribution in [3.8, 4) is 0 Å². The number of hydrogen-bond acceptors (Lipinski definition) is 7. The van der Waals surface area contributed by atoms with Crippen molar-refractivity contribution >= 4 is 23.6 Å². The number of rotatable bonds is 3. The van der Waals surface area contributed by atoms with Crippen LogP contribution in [0.1, 0.15) is 12.5 Å². The molecule has 1 aromatic rings. The van der Waals surface area contributed by atoms with Gasteiger partial charge < -0.3 is 14.5 Å². The van der Waals surface area contributed by atoms with E-state index >= 15 is 0 Å². The van der Waals surface area contributed by atoms with E-state index in [-0.39, 0.29) is 18.7 Å². The van der Waals surface area contributed by atoms with Crippen LogP contribution in [0.25, 0.3) is 0 Å². The van der Waals surface area contributed by atoms with Gasteiger partial charge in [0.05, 0.1) is 7.11 Å². The summed E-state index contributed by atoms with van der Waals surface area (Å²) in [4.78, 5) is 44.6. The average molecular weight is 401 g/mol. The van der Waals surface area contributed by atoms with E-state index in [4.69, 9.17) is 0 Å². The quantitative estimate of drug-likeness (QED) is 0.734. The summed E-state index contributed by atoms with van der Waals surface area (Å²) in [6, 6.07) is 7.21. The van der Waals surface area contributed by atoms with Gasteiger partial charge in [0.1, 0.15) is 25.0 Å². The highest BCUT2D eigenvalue weighted by Gasteiger charge is 2.57. The second-order valence-corrected chi connectivity index (χ2v) is 8.12. The maximum absolute atomic E-state index is 13.2. The van der Waals surface area contributed by atoms with Crippen LogP contribution in [0.2, 0.25) is 0 Å². The van der Waals surface area contributed by atoms with Crippen LogP contribution in [0.5, 0.6) is 0 Å². The number of likely N-dealkylation sites (N-methyl/N-ethyl adjacent to an activating group) is 1. The van der Waals surface area contributed by atoms with Gasteiger partial charge in [0.2, 0.25) is 0 Å². The minimum Gasteiger partial charge on any atom is -0.468 e. The largest absolute Gasteiger partial charge is 0.468 e. The third-order valence-corrected chi connectivity index (χ3v) is 5.93. The van der Waals surface area contributed by atoms with E-state index in [9.17, 15) is 14.4 Å². The lowest BCUT2D eigenvalue weighted by Gasteiger charge is -2.45. The predicted octanol–water partition coefficient (Wildman–Crippen LogP) is 0.402. The Labute approximate surface area is 170 Å². The first kappa shape index (κ1) is 19.7. The van der Waals surface area contributed by atoms with Crippen LogP contribution in [0, 0.1) is 12.8 Å². The number of amides is 3.